The fraction of sp³-hybridized carbons (Fsp3) is 0.240. The lowest BCUT2D eigenvalue weighted by Crippen LogP contribution is -2.52. The molecule has 7 heteroatoms. The first-order valence-electron chi connectivity index (χ1n) is 10.5. The van der Waals surface area contributed by atoms with Crippen molar-refractivity contribution in [3.63, 3.8) is 0 Å². The molecular formula is C25H24BrN3O3. The van der Waals surface area contributed by atoms with E-state index < -0.39 is 11.8 Å². The van der Waals surface area contributed by atoms with E-state index in [1.807, 2.05) is 24.3 Å². The Morgan fingerprint density at radius 1 is 0.875 bits per heavy atom. The largest absolute Gasteiger partial charge is 0.338 e. The molecule has 0 bridgehead atoms. The molecule has 0 spiro atoms. The normalized spacial score (nSPS) is 15.3. The number of carbonyl (C=O) groups excluding carboxylic acids is 2. The second kappa shape index (κ2) is 10.1. The van der Waals surface area contributed by atoms with Crippen LogP contribution in [0, 0.1) is 0 Å². The van der Waals surface area contributed by atoms with Gasteiger partial charge < -0.3 is 4.90 Å². The van der Waals surface area contributed by atoms with Crippen molar-refractivity contribution < 1.29 is 9.59 Å². The number of rotatable bonds is 6. The van der Waals surface area contributed by atoms with Crippen molar-refractivity contribution >= 4 is 27.6 Å². The number of aromatic nitrogens is 1. The van der Waals surface area contributed by atoms with Gasteiger partial charge in [-0.25, -0.2) is 0 Å². The van der Waals surface area contributed by atoms with Gasteiger partial charge in [-0.05, 0) is 23.8 Å². The van der Waals surface area contributed by atoms with Crippen LogP contribution in [-0.2, 0) is 11.3 Å². The second-order valence-corrected chi connectivity index (χ2v) is 8.73. The van der Waals surface area contributed by atoms with Gasteiger partial charge in [-0.1, -0.05) is 64.5 Å². The number of nitrogens with zero attached hydrogens (tertiary/aromatic N) is 3. The van der Waals surface area contributed by atoms with Crippen LogP contribution in [0.4, 0.5) is 0 Å². The summed E-state index contributed by atoms with van der Waals surface area (Å²) >= 11 is 3.38. The van der Waals surface area contributed by atoms with Gasteiger partial charge in [0.15, 0.2) is 11.8 Å². The van der Waals surface area contributed by atoms with Crippen LogP contribution < -0.4 is 5.56 Å². The quantitative estimate of drug-likeness (QED) is 0.390. The van der Waals surface area contributed by atoms with Gasteiger partial charge in [-0.15, -0.1) is 0 Å². The molecular weight excluding hydrogens is 470 g/mol. The van der Waals surface area contributed by atoms with Crippen molar-refractivity contribution in [2.24, 2.45) is 0 Å². The fourth-order valence-corrected chi connectivity index (χ4v) is 4.35. The summed E-state index contributed by atoms with van der Waals surface area (Å²) in [6.45, 7) is 3.26. The molecule has 32 heavy (non-hydrogen) atoms. The Labute approximate surface area is 195 Å². The number of ketones is 1. The number of Topliss-reactive ketones (excluding diaryl/α,β-unsaturated/α-hetero) is 1. The third kappa shape index (κ3) is 5.06. The van der Waals surface area contributed by atoms with E-state index in [-0.39, 0.29) is 11.5 Å². The highest BCUT2D eigenvalue weighted by atomic mass is 79.9. The molecule has 1 amide bonds. The molecule has 6 nitrogen and oxygen atoms in total. The minimum Gasteiger partial charge on any atom is -0.338 e. The number of amides is 1. The predicted octanol–water partition coefficient (Wildman–Crippen LogP) is 3.38. The van der Waals surface area contributed by atoms with Crippen molar-refractivity contribution in [1.29, 1.82) is 0 Å². The van der Waals surface area contributed by atoms with Gasteiger partial charge in [0.05, 0.1) is 0 Å². The fourth-order valence-electron chi connectivity index (χ4n) is 3.95. The third-order valence-corrected chi connectivity index (χ3v) is 6.15. The van der Waals surface area contributed by atoms with Gasteiger partial charge >= 0.3 is 0 Å². The van der Waals surface area contributed by atoms with E-state index in [4.69, 9.17) is 0 Å². The Morgan fingerprint density at radius 3 is 2.28 bits per heavy atom. The number of hydrogen-bond acceptors (Lipinski definition) is 4. The van der Waals surface area contributed by atoms with Crippen LogP contribution in [0.3, 0.4) is 0 Å². The molecule has 1 aromatic heterocycles. The average Bonchev–Trinajstić information content (AvgIpc) is 2.81. The maximum Gasteiger partial charge on any atom is 0.253 e. The molecule has 0 N–H and O–H groups in total. The summed E-state index contributed by atoms with van der Waals surface area (Å²) in [7, 11) is 0. The molecule has 1 atom stereocenters. The van der Waals surface area contributed by atoms with E-state index >= 15 is 0 Å². The highest BCUT2D eigenvalue weighted by molar-refractivity contribution is 9.10. The SMILES string of the molecule is O=C(c1cccc(Br)c1)[C@H](C(=O)N1CCN(Cc2ccccc2)CC1)n1ccccc1=O. The van der Waals surface area contributed by atoms with Gasteiger partial charge in [0.2, 0.25) is 0 Å². The van der Waals surface area contributed by atoms with Crippen LogP contribution in [0.25, 0.3) is 0 Å². The number of benzene rings is 2. The monoisotopic (exact) mass is 493 g/mol. The number of pyridine rings is 1. The molecule has 164 valence electrons. The molecule has 2 aromatic carbocycles. The molecule has 0 aliphatic carbocycles. The lowest BCUT2D eigenvalue weighted by atomic mass is 10.0. The maximum absolute atomic E-state index is 13.5. The van der Waals surface area contributed by atoms with Crippen molar-refractivity contribution in [2.45, 2.75) is 12.6 Å². The van der Waals surface area contributed by atoms with E-state index in [0.717, 1.165) is 11.0 Å². The molecule has 4 rings (SSSR count). The maximum atomic E-state index is 13.5. The molecule has 0 radical (unpaired) electrons. The van der Waals surface area contributed by atoms with Crippen molar-refractivity contribution in [3.05, 3.63) is 105 Å². The minimum atomic E-state index is -1.22. The summed E-state index contributed by atoms with van der Waals surface area (Å²) in [5.74, 6) is -0.737. The van der Waals surface area contributed by atoms with Gasteiger partial charge in [-0.3, -0.25) is 23.9 Å². The van der Waals surface area contributed by atoms with E-state index in [1.165, 1.54) is 22.4 Å². The number of carbonyl (C=O) groups is 2. The molecule has 1 saturated heterocycles. The van der Waals surface area contributed by atoms with Crippen molar-refractivity contribution in [3.8, 4) is 0 Å². The smallest absolute Gasteiger partial charge is 0.253 e. The summed E-state index contributed by atoms with van der Waals surface area (Å²) in [5, 5.41) is 0. The summed E-state index contributed by atoms with van der Waals surface area (Å²) in [6.07, 6.45) is 1.51. The van der Waals surface area contributed by atoms with Crippen LogP contribution in [-0.4, -0.2) is 52.2 Å². The molecule has 0 saturated carbocycles. The van der Waals surface area contributed by atoms with E-state index in [2.05, 4.69) is 33.0 Å². The summed E-state index contributed by atoms with van der Waals surface area (Å²) < 4.78 is 1.98. The Kier molecular flexibility index (Phi) is 6.97. The molecule has 3 aromatic rings. The molecule has 1 fully saturated rings. The van der Waals surface area contributed by atoms with Gasteiger partial charge in [0.25, 0.3) is 11.5 Å². The second-order valence-electron chi connectivity index (χ2n) is 7.81. The summed E-state index contributed by atoms with van der Waals surface area (Å²) in [5.41, 5.74) is 1.24. The van der Waals surface area contributed by atoms with Crippen LogP contribution in [0.2, 0.25) is 0 Å². The first kappa shape index (κ1) is 22.2. The topological polar surface area (TPSA) is 62.6 Å². The van der Waals surface area contributed by atoms with Crippen LogP contribution in [0.15, 0.2) is 88.3 Å². The Bertz CT molecular complexity index is 1150. The number of piperazine rings is 1. The van der Waals surface area contributed by atoms with Crippen molar-refractivity contribution in [1.82, 2.24) is 14.4 Å². The number of halogens is 1. The summed E-state index contributed by atoms with van der Waals surface area (Å²) in [4.78, 5) is 43.4. The van der Waals surface area contributed by atoms with Crippen LogP contribution >= 0.6 is 15.9 Å². The summed E-state index contributed by atoms with van der Waals surface area (Å²) in [6, 6.07) is 20.5. The zero-order valence-electron chi connectivity index (χ0n) is 17.6. The lowest BCUT2D eigenvalue weighted by Gasteiger charge is -2.36. The van der Waals surface area contributed by atoms with Crippen LogP contribution in [0.5, 0.6) is 0 Å². The van der Waals surface area contributed by atoms with Crippen LogP contribution in [0.1, 0.15) is 22.0 Å². The standard InChI is InChI=1S/C25H24BrN3O3/c26-21-10-6-9-20(17-21)24(31)23(29-12-5-4-11-22(29)30)25(32)28-15-13-27(14-16-28)18-19-7-2-1-3-8-19/h1-12,17,23H,13-16,18H2/t23-/m1/s1. The van der Waals surface area contributed by atoms with Gasteiger partial charge in [0, 0.05) is 55.0 Å². The molecule has 0 unspecified atom stereocenters. The van der Waals surface area contributed by atoms with Gasteiger partial charge in [-0.2, -0.15) is 0 Å². The third-order valence-electron chi connectivity index (χ3n) is 5.65. The Morgan fingerprint density at radius 2 is 1.59 bits per heavy atom. The first-order valence-corrected chi connectivity index (χ1v) is 11.3. The molecule has 1 aliphatic heterocycles. The van der Waals surface area contributed by atoms with Crippen molar-refractivity contribution in [2.75, 3.05) is 26.2 Å². The zero-order chi connectivity index (χ0) is 22.5. The lowest BCUT2D eigenvalue weighted by molar-refractivity contribution is -0.135. The van der Waals surface area contributed by atoms with E-state index in [1.54, 1.807) is 35.2 Å². The zero-order valence-corrected chi connectivity index (χ0v) is 19.1. The highest BCUT2D eigenvalue weighted by Crippen LogP contribution is 2.21. The Balaban J connectivity index is 1.54. The first-order chi connectivity index (χ1) is 15.5. The van der Waals surface area contributed by atoms with E-state index in [0.29, 0.717) is 31.7 Å². The van der Waals surface area contributed by atoms with Gasteiger partial charge in [0.1, 0.15) is 0 Å². The average molecular weight is 494 g/mol. The Hall–Kier alpha value is -3.03. The van der Waals surface area contributed by atoms with E-state index in [9.17, 15) is 14.4 Å². The highest BCUT2D eigenvalue weighted by Gasteiger charge is 2.35. The number of hydrogen-bond donors (Lipinski definition) is 0. The predicted molar refractivity (Wildman–Crippen MR) is 127 cm³/mol. The minimum absolute atomic E-state index is 0.345. The molecule has 1 aliphatic rings. The molecule has 2 heterocycles.